The molecule has 0 aromatic heterocycles. The lowest BCUT2D eigenvalue weighted by molar-refractivity contribution is -0.140. The van der Waals surface area contributed by atoms with E-state index in [0.29, 0.717) is 0 Å². The van der Waals surface area contributed by atoms with E-state index in [0.717, 1.165) is 19.2 Å². The maximum absolute atomic E-state index is 12.0. The molecule has 0 aliphatic rings. The van der Waals surface area contributed by atoms with Crippen LogP contribution in [0.15, 0.2) is 17.0 Å². The fourth-order valence-corrected chi connectivity index (χ4v) is 2.38. The third-order valence-electron chi connectivity index (χ3n) is 3.07. The molecule has 0 atom stereocenters. The molecular weight excluding hydrogens is 388 g/mol. The number of rotatable bonds is 6. The Morgan fingerprint density at radius 2 is 1.46 bits per heavy atom. The monoisotopic (exact) mass is 406 g/mol. The topological polar surface area (TPSA) is 113 Å². The quantitative estimate of drug-likeness (QED) is 0.402. The van der Waals surface area contributed by atoms with E-state index in [1.165, 1.54) is 0 Å². The second kappa shape index (κ2) is 8.50. The molecule has 0 aliphatic heterocycles. The van der Waals surface area contributed by atoms with Gasteiger partial charge in [-0.3, -0.25) is 9.59 Å². The van der Waals surface area contributed by atoms with Gasteiger partial charge < -0.3 is 14.2 Å². The summed E-state index contributed by atoms with van der Waals surface area (Å²) in [6.07, 6.45) is 0. The Kier molecular flexibility index (Phi) is 7.16. The van der Waals surface area contributed by atoms with Crippen LogP contribution in [0.4, 0.5) is 0 Å². The smallest absolute Gasteiger partial charge is 0.341 e. The van der Waals surface area contributed by atoms with Crippen LogP contribution in [0, 0.1) is 11.8 Å². The normalized spacial score (nSPS) is 11.4. The van der Waals surface area contributed by atoms with Crippen LogP contribution in [0.5, 0.6) is 11.5 Å². The van der Waals surface area contributed by atoms with Crippen molar-refractivity contribution in [2.75, 3.05) is 7.11 Å². The first-order valence-corrected chi connectivity index (χ1v) is 9.83. The third-order valence-corrected chi connectivity index (χ3v) is 4.40. The number of methoxy groups -OCH3 is 1. The minimum atomic E-state index is -4.27. The summed E-state index contributed by atoms with van der Waals surface area (Å²) in [5, 5.41) is 0. The van der Waals surface area contributed by atoms with E-state index in [-0.39, 0.29) is 0 Å². The van der Waals surface area contributed by atoms with Crippen molar-refractivity contribution in [3.63, 3.8) is 0 Å². The summed E-state index contributed by atoms with van der Waals surface area (Å²) >= 11 is 0. The molecule has 26 heavy (non-hydrogen) atoms. The molecule has 0 saturated heterocycles. The molecule has 0 saturated carbocycles. The van der Waals surface area contributed by atoms with Crippen LogP contribution >= 0.6 is 10.7 Å². The lowest BCUT2D eigenvalue weighted by Crippen LogP contribution is -2.20. The number of benzene rings is 1. The van der Waals surface area contributed by atoms with Crippen LogP contribution in [-0.2, 0) is 23.4 Å². The van der Waals surface area contributed by atoms with E-state index in [2.05, 4.69) is 4.74 Å². The van der Waals surface area contributed by atoms with E-state index >= 15 is 0 Å². The Hall–Kier alpha value is -2.13. The molecule has 0 unspecified atom stereocenters. The van der Waals surface area contributed by atoms with Crippen molar-refractivity contribution in [3.05, 3.63) is 17.7 Å². The summed E-state index contributed by atoms with van der Waals surface area (Å²) in [7, 11) is 2.11. The molecule has 1 aromatic rings. The minimum absolute atomic E-state index is 0.421. The molecule has 10 heteroatoms. The third kappa shape index (κ3) is 5.43. The summed E-state index contributed by atoms with van der Waals surface area (Å²) in [5.41, 5.74) is -0.421. The predicted molar refractivity (Wildman–Crippen MR) is 91.8 cm³/mol. The number of hydrogen-bond acceptors (Lipinski definition) is 8. The molecule has 1 aromatic carbocycles. The van der Waals surface area contributed by atoms with Gasteiger partial charge in [0, 0.05) is 16.7 Å². The van der Waals surface area contributed by atoms with Crippen molar-refractivity contribution in [2.24, 2.45) is 11.8 Å². The molecule has 0 radical (unpaired) electrons. The van der Waals surface area contributed by atoms with E-state index in [9.17, 15) is 22.8 Å². The first-order chi connectivity index (χ1) is 11.9. The summed E-state index contributed by atoms with van der Waals surface area (Å²) in [6, 6.07) is 1.78. The van der Waals surface area contributed by atoms with E-state index in [1.807, 2.05) is 0 Å². The molecule has 0 N–H and O–H groups in total. The zero-order chi connectivity index (χ0) is 20.2. The van der Waals surface area contributed by atoms with E-state index in [1.54, 1.807) is 27.7 Å². The maximum Gasteiger partial charge on any atom is 0.341 e. The Morgan fingerprint density at radius 1 is 0.962 bits per heavy atom. The van der Waals surface area contributed by atoms with Crippen molar-refractivity contribution >= 4 is 37.6 Å². The average Bonchev–Trinajstić information content (AvgIpc) is 2.53. The number of halogens is 1. The Morgan fingerprint density at radius 3 is 1.88 bits per heavy atom. The fraction of sp³-hybridized carbons (Fsp3) is 0.438. The summed E-state index contributed by atoms with van der Waals surface area (Å²) in [6.45, 7) is 6.20. The molecule has 0 heterocycles. The van der Waals surface area contributed by atoms with Crippen molar-refractivity contribution in [3.8, 4) is 11.5 Å². The van der Waals surface area contributed by atoms with Gasteiger partial charge in [-0.2, -0.15) is 0 Å². The fourth-order valence-electron chi connectivity index (χ4n) is 1.61. The van der Waals surface area contributed by atoms with Gasteiger partial charge >= 0.3 is 17.9 Å². The van der Waals surface area contributed by atoms with Crippen LogP contribution in [0.3, 0.4) is 0 Å². The van der Waals surface area contributed by atoms with Crippen LogP contribution in [0.25, 0.3) is 0 Å². The van der Waals surface area contributed by atoms with Gasteiger partial charge in [0.15, 0.2) is 11.5 Å². The van der Waals surface area contributed by atoms with Gasteiger partial charge in [-0.25, -0.2) is 13.2 Å². The molecular formula is C16H19ClO8S. The molecule has 1 rings (SSSR count). The van der Waals surface area contributed by atoms with Crippen molar-refractivity contribution in [1.82, 2.24) is 0 Å². The number of carbonyl (C=O) groups excluding carboxylic acids is 3. The largest absolute Gasteiger partial charge is 0.465 e. The Labute approximate surface area is 155 Å². The number of hydrogen-bond donors (Lipinski definition) is 0. The molecule has 0 aliphatic carbocycles. The standard InChI is InChI=1S/C16H19ClO8S/c1-8(2)14(18)24-12-7-10(26(17,21)22)6-11(16(20)23-5)13(12)25-15(19)9(3)4/h6-9H,1-5H3. The Bertz CT molecular complexity index is 827. The summed E-state index contributed by atoms with van der Waals surface area (Å²) in [4.78, 5) is 35.4. The highest BCUT2D eigenvalue weighted by Gasteiger charge is 2.28. The number of esters is 3. The number of carbonyl (C=O) groups is 3. The summed E-state index contributed by atoms with van der Waals surface area (Å²) in [5.74, 6) is -4.44. The van der Waals surface area contributed by atoms with Gasteiger partial charge in [-0.05, 0) is 6.07 Å². The molecule has 144 valence electrons. The van der Waals surface area contributed by atoms with Gasteiger partial charge in [0.05, 0.1) is 23.8 Å². The van der Waals surface area contributed by atoms with E-state index in [4.69, 9.17) is 20.2 Å². The first-order valence-electron chi connectivity index (χ1n) is 7.52. The molecule has 0 spiro atoms. The second-order valence-electron chi connectivity index (χ2n) is 5.88. The van der Waals surface area contributed by atoms with Gasteiger partial charge in [0.1, 0.15) is 5.56 Å². The zero-order valence-corrected chi connectivity index (χ0v) is 16.4. The SMILES string of the molecule is COC(=O)c1cc(S(=O)(=O)Cl)cc(OC(=O)C(C)C)c1OC(=O)C(C)C. The summed E-state index contributed by atoms with van der Waals surface area (Å²) < 4.78 is 38.2. The average molecular weight is 407 g/mol. The zero-order valence-electron chi connectivity index (χ0n) is 14.9. The van der Waals surface area contributed by atoms with Crippen LogP contribution in [0.2, 0.25) is 0 Å². The molecule has 0 fully saturated rings. The molecule has 0 bridgehead atoms. The maximum atomic E-state index is 12.0. The van der Waals surface area contributed by atoms with E-state index < -0.39 is 60.8 Å². The van der Waals surface area contributed by atoms with Gasteiger partial charge in [0.2, 0.25) is 0 Å². The molecule has 8 nitrogen and oxygen atoms in total. The lowest BCUT2D eigenvalue weighted by atomic mass is 10.1. The highest BCUT2D eigenvalue weighted by molar-refractivity contribution is 8.13. The minimum Gasteiger partial charge on any atom is -0.465 e. The van der Waals surface area contributed by atoms with Crippen molar-refractivity contribution in [1.29, 1.82) is 0 Å². The second-order valence-corrected chi connectivity index (χ2v) is 8.45. The van der Waals surface area contributed by atoms with Gasteiger partial charge in [0.25, 0.3) is 9.05 Å². The van der Waals surface area contributed by atoms with Gasteiger partial charge in [-0.15, -0.1) is 0 Å². The van der Waals surface area contributed by atoms with Crippen molar-refractivity contribution < 1.29 is 37.0 Å². The predicted octanol–water partition coefficient (Wildman–Crippen LogP) is 2.52. The number of ether oxygens (including phenoxy) is 3. The van der Waals surface area contributed by atoms with Crippen LogP contribution in [-0.4, -0.2) is 33.4 Å². The lowest BCUT2D eigenvalue weighted by Gasteiger charge is -2.16. The molecule has 0 amide bonds. The van der Waals surface area contributed by atoms with Gasteiger partial charge in [-0.1, -0.05) is 27.7 Å². The van der Waals surface area contributed by atoms with Crippen molar-refractivity contribution in [2.45, 2.75) is 32.6 Å². The highest BCUT2D eigenvalue weighted by Crippen LogP contribution is 2.37. The van der Waals surface area contributed by atoms with Crippen LogP contribution < -0.4 is 9.47 Å². The Balaban J connectivity index is 3.70. The van der Waals surface area contributed by atoms with Crippen LogP contribution in [0.1, 0.15) is 38.1 Å². The first kappa shape index (κ1) is 21.9. The highest BCUT2D eigenvalue weighted by atomic mass is 35.7.